The molecule has 2 saturated heterocycles. The highest BCUT2D eigenvalue weighted by Gasteiger charge is 2.28. The van der Waals surface area contributed by atoms with E-state index in [2.05, 4.69) is 15.2 Å². The smallest absolute Gasteiger partial charge is 0.255 e. The average molecular weight is 295 g/mol. The number of pyridine rings is 1. The number of carbonyl (C=O) groups excluding carboxylic acids is 1. The van der Waals surface area contributed by atoms with Crippen LogP contribution in [0, 0.1) is 0 Å². The molecule has 2 fully saturated rings. The van der Waals surface area contributed by atoms with Crippen molar-refractivity contribution in [1.82, 2.24) is 20.1 Å². The fourth-order valence-electron chi connectivity index (χ4n) is 2.96. The lowest BCUT2D eigenvalue weighted by Gasteiger charge is -2.37. The number of nitrogens with zero attached hydrogens (tertiary/aromatic N) is 3. The van der Waals surface area contributed by atoms with Crippen LogP contribution < -0.4 is 5.32 Å². The number of amides is 1. The van der Waals surface area contributed by atoms with Crippen LogP contribution in [0.2, 0.25) is 5.02 Å². The molecule has 0 bridgehead atoms. The van der Waals surface area contributed by atoms with Crippen molar-refractivity contribution in [3.63, 3.8) is 0 Å². The third-order valence-electron chi connectivity index (χ3n) is 4.16. The second kappa shape index (κ2) is 6.08. The monoisotopic (exact) mass is 294 g/mol. The molecule has 1 aromatic rings. The molecule has 1 aromatic heterocycles. The molecule has 2 aliphatic rings. The van der Waals surface area contributed by atoms with Crippen molar-refractivity contribution in [2.45, 2.75) is 12.5 Å². The summed E-state index contributed by atoms with van der Waals surface area (Å²) in [7, 11) is 0. The fraction of sp³-hybridized carbons (Fsp3) is 0.571. The summed E-state index contributed by atoms with van der Waals surface area (Å²) >= 11 is 6.04. The number of carbonyl (C=O) groups is 1. The molecule has 0 radical (unpaired) electrons. The lowest BCUT2D eigenvalue weighted by molar-refractivity contribution is 0.0584. The Balaban J connectivity index is 1.60. The molecule has 1 amide bonds. The first-order valence-corrected chi connectivity index (χ1v) is 7.47. The van der Waals surface area contributed by atoms with Gasteiger partial charge in [0.05, 0.1) is 10.6 Å². The van der Waals surface area contributed by atoms with Gasteiger partial charge in [-0.15, -0.1) is 0 Å². The Labute approximate surface area is 123 Å². The van der Waals surface area contributed by atoms with E-state index in [1.165, 1.54) is 12.6 Å². The number of hydrogen-bond acceptors (Lipinski definition) is 4. The van der Waals surface area contributed by atoms with Crippen LogP contribution >= 0.6 is 11.6 Å². The lowest BCUT2D eigenvalue weighted by atomic mass is 10.1. The Morgan fingerprint density at radius 3 is 2.80 bits per heavy atom. The number of nitrogens with one attached hydrogen (secondary N) is 1. The van der Waals surface area contributed by atoms with Crippen molar-refractivity contribution in [3.05, 3.63) is 29.0 Å². The Morgan fingerprint density at radius 1 is 1.35 bits per heavy atom. The zero-order valence-corrected chi connectivity index (χ0v) is 12.1. The van der Waals surface area contributed by atoms with E-state index < -0.39 is 0 Å². The molecule has 0 spiro atoms. The third-order valence-corrected chi connectivity index (χ3v) is 4.46. The molecule has 3 heterocycles. The number of piperazine rings is 1. The van der Waals surface area contributed by atoms with Crippen LogP contribution in [-0.4, -0.2) is 66.0 Å². The molecule has 1 N–H and O–H groups in total. The third kappa shape index (κ3) is 2.80. The van der Waals surface area contributed by atoms with Crippen molar-refractivity contribution in [2.75, 3.05) is 39.3 Å². The minimum Gasteiger partial charge on any atom is -0.336 e. The van der Waals surface area contributed by atoms with E-state index in [4.69, 9.17) is 11.6 Å². The molecule has 1 atom stereocenters. The molecule has 20 heavy (non-hydrogen) atoms. The largest absolute Gasteiger partial charge is 0.336 e. The van der Waals surface area contributed by atoms with E-state index in [0.29, 0.717) is 16.6 Å². The maximum Gasteiger partial charge on any atom is 0.255 e. The normalized spacial score (nSPS) is 24.1. The molecule has 1 unspecified atom stereocenters. The quantitative estimate of drug-likeness (QED) is 0.879. The van der Waals surface area contributed by atoms with Crippen LogP contribution in [0.25, 0.3) is 0 Å². The van der Waals surface area contributed by atoms with Gasteiger partial charge in [0.1, 0.15) is 0 Å². The van der Waals surface area contributed by atoms with Crippen molar-refractivity contribution >= 4 is 17.5 Å². The summed E-state index contributed by atoms with van der Waals surface area (Å²) in [6.45, 7) is 5.62. The van der Waals surface area contributed by atoms with E-state index in [-0.39, 0.29) is 5.91 Å². The Kier molecular flexibility index (Phi) is 4.19. The van der Waals surface area contributed by atoms with Gasteiger partial charge in [0.15, 0.2) is 0 Å². The van der Waals surface area contributed by atoms with Gasteiger partial charge < -0.3 is 10.2 Å². The van der Waals surface area contributed by atoms with E-state index in [9.17, 15) is 4.79 Å². The maximum atomic E-state index is 12.4. The summed E-state index contributed by atoms with van der Waals surface area (Å²) in [6.07, 6.45) is 4.35. The highest BCUT2D eigenvalue weighted by Crippen LogP contribution is 2.18. The van der Waals surface area contributed by atoms with Crippen molar-refractivity contribution in [2.24, 2.45) is 0 Å². The first-order valence-electron chi connectivity index (χ1n) is 7.09. The molecule has 0 aromatic carbocycles. The minimum atomic E-state index is 0.0154. The van der Waals surface area contributed by atoms with Gasteiger partial charge in [-0.3, -0.25) is 14.7 Å². The van der Waals surface area contributed by atoms with E-state index in [1.807, 2.05) is 4.90 Å². The summed E-state index contributed by atoms with van der Waals surface area (Å²) in [4.78, 5) is 20.7. The van der Waals surface area contributed by atoms with E-state index in [0.717, 1.165) is 39.3 Å². The van der Waals surface area contributed by atoms with Crippen molar-refractivity contribution < 1.29 is 4.79 Å². The zero-order chi connectivity index (χ0) is 13.9. The summed E-state index contributed by atoms with van der Waals surface area (Å²) in [5.41, 5.74) is 0.553. The average Bonchev–Trinajstić information content (AvgIpc) is 3.01. The number of aromatic nitrogens is 1. The topological polar surface area (TPSA) is 48.5 Å². The molecular formula is C14H19ClN4O. The van der Waals surface area contributed by atoms with E-state index in [1.54, 1.807) is 12.3 Å². The van der Waals surface area contributed by atoms with Gasteiger partial charge in [-0.25, -0.2) is 0 Å². The highest BCUT2D eigenvalue weighted by molar-refractivity contribution is 6.33. The zero-order valence-electron chi connectivity index (χ0n) is 11.4. The van der Waals surface area contributed by atoms with Gasteiger partial charge in [0, 0.05) is 51.2 Å². The van der Waals surface area contributed by atoms with Gasteiger partial charge in [0.2, 0.25) is 0 Å². The standard InChI is InChI=1S/C14H19ClN4O/c15-13-10-17-4-2-12(13)14(20)19-7-5-18(6-8-19)11-1-3-16-9-11/h2,4,10-11,16H,1,3,5-9H2. The predicted octanol–water partition coefficient (Wildman–Crippen LogP) is 0.855. The van der Waals surface area contributed by atoms with Gasteiger partial charge in [-0.2, -0.15) is 0 Å². The van der Waals surface area contributed by atoms with Crippen molar-refractivity contribution in [3.8, 4) is 0 Å². The van der Waals surface area contributed by atoms with Crippen LogP contribution in [0.15, 0.2) is 18.5 Å². The van der Waals surface area contributed by atoms with Gasteiger partial charge in [-0.1, -0.05) is 11.6 Å². The molecule has 2 aliphatic heterocycles. The van der Waals surface area contributed by atoms with E-state index >= 15 is 0 Å². The molecule has 3 rings (SSSR count). The molecule has 5 nitrogen and oxygen atoms in total. The Hall–Kier alpha value is -1.17. The second-order valence-corrected chi connectivity index (χ2v) is 5.74. The molecule has 0 aliphatic carbocycles. The van der Waals surface area contributed by atoms with Crippen LogP contribution in [0.4, 0.5) is 0 Å². The van der Waals surface area contributed by atoms with Gasteiger partial charge >= 0.3 is 0 Å². The van der Waals surface area contributed by atoms with Crippen molar-refractivity contribution in [1.29, 1.82) is 0 Å². The fourth-order valence-corrected chi connectivity index (χ4v) is 3.16. The second-order valence-electron chi connectivity index (χ2n) is 5.33. The first kappa shape index (κ1) is 13.8. The summed E-state index contributed by atoms with van der Waals surface area (Å²) in [5.74, 6) is 0.0154. The summed E-state index contributed by atoms with van der Waals surface area (Å²) < 4.78 is 0. The molecule has 6 heteroatoms. The Bertz CT molecular complexity index is 482. The number of halogens is 1. The molecular weight excluding hydrogens is 276 g/mol. The molecule has 0 saturated carbocycles. The summed E-state index contributed by atoms with van der Waals surface area (Å²) in [5, 5.41) is 3.82. The first-order chi connectivity index (χ1) is 9.75. The Morgan fingerprint density at radius 2 is 2.15 bits per heavy atom. The van der Waals surface area contributed by atoms with Crippen LogP contribution in [-0.2, 0) is 0 Å². The summed E-state index contributed by atoms with van der Waals surface area (Å²) in [6, 6.07) is 2.33. The lowest BCUT2D eigenvalue weighted by Crippen LogP contribution is -2.52. The number of hydrogen-bond donors (Lipinski definition) is 1. The maximum absolute atomic E-state index is 12.4. The minimum absolute atomic E-state index is 0.0154. The van der Waals surface area contributed by atoms with Gasteiger partial charge in [-0.05, 0) is 19.0 Å². The van der Waals surface area contributed by atoms with Gasteiger partial charge in [0.25, 0.3) is 5.91 Å². The SMILES string of the molecule is O=C(c1ccncc1Cl)N1CCN(C2CCNC2)CC1. The van der Waals surface area contributed by atoms with Crippen LogP contribution in [0.3, 0.4) is 0 Å². The van der Waals surface area contributed by atoms with Crippen LogP contribution in [0.5, 0.6) is 0 Å². The number of rotatable bonds is 2. The predicted molar refractivity (Wildman–Crippen MR) is 78.0 cm³/mol. The highest BCUT2D eigenvalue weighted by atomic mass is 35.5. The van der Waals surface area contributed by atoms with Crippen LogP contribution in [0.1, 0.15) is 16.8 Å². The molecule has 108 valence electrons.